The summed E-state index contributed by atoms with van der Waals surface area (Å²) in [5.74, 6) is -0.375. The van der Waals surface area contributed by atoms with E-state index in [4.69, 9.17) is 23.2 Å². The average Bonchev–Trinajstić information content (AvgIpc) is 3.55. The lowest BCUT2D eigenvalue weighted by Crippen LogP contribution is -2.20. The van der Waals surface area contributed by atoms with Crippen LogP contribution in [0, 0.1) is 5.92 Å². The number of carbonyl (C=O) groups excluding carboxylic acids is 1. The first kappa shape index (κ1) is 25.0. The maximum Gasteiger partial charge on any atom is 0.265 e. The topological polar surface area (TPSA) is 98.1 Å². The molecule has 1 N–H and O–H groups in total. The van der Waals surface area contributed by atoms with Gasteiger partial charge >= 0.3 is 0 Å². The van der Waals surface area contributed by atoms with Gasteiger partial charge in [-0.1, -0.05) is 29.3 Å². The second kappa shape index (κ2) is 9.97. The highest BCUT2D eigenvalue weighted by molar-refractivity contribution is 7.94. The van der Waals surface area contributed by atoms with Crippen molar-refractivity contribution >= 4 is 66.7 Å². The van der Waals surface area contributed by atoms with Crippen LogP contribution in [0.2, 0.25) is 9.36 Å². The smallest absolute Gasteiger partial charge is 0.265 e. The molecule has 2 aromatic carbocycles. The van der Waals surface area contributed by atoms with Crippen LogP contribution in [0.1, 0.15) is 18.4 Å². The summed E-state index contributed by atoms with van der Waals surface area (Å²) in [7, 11) is -3.76. The first-order valence-corrected chi connectivity index (χ1v) is 14.5. The summed E-state index contributed by atoms with van der Waals surface area (Å²) in [4.78, 5) is 30.0. The summed E-state index contributed by atoms with van der Waals surface area (Å²) < 4.78 is 26.6. The summed E-state index contributed by atoms with van der Waals surface area (Å²) in [6, 6.07) is 13.2. The Bertz CT molecular complexity index is 1640. The molecule has 1 saturated carbocycles. The van der Waals surface area contributed by atoms with Crippen molar-refractivity contribution in [3.8, 4) is 5.69 Å². The van der Waals surface area contributed by atoms with Crippen molar-refractivity contribution in [1.82, 2.24) is 9.55 Å². The Morgan fingerprint density at radius 1 is 1.11 bits per heavy atom. The summed E-state index contributed by atoms with van der Waals surface area (Å²) in [6.07, 6.45) is 3.82. The van der Waals surface area contributed by atoms with Crippen LogP contribution in [-0.2, 0) is 21.1 Å². The van der Waals surface area contributed by atoms with Crippen molar-refractivity contribution in [1.29, 1.82) is 0 Å². The average molecular weight is 563 g/mol. The van der Waals surface area contributed by atoms with Gasteiger partial charge in [-0.25, -0.2) is 13.4 Å². The van der Waals surface area contributed by atoms with Gasteiger partial charge in [-0.3, -0.25) is 14.2 Å². The van der Waals surface area contributed by atoms with Crippen molar-refractivity contribution in [3.05, 3.63) is 80.1 Å². The number of carbonyl (C=O) groups is 1. The minimum Gasteiger partial charge on any atom is -0.385 e. The van der Waals surface area contributed by atoms with E-state index in [1.54, 1.807) is 24.3 Å². The molecule has 2 heterocycles. The zero-order valence-electron chi connectivity index (χ0n) is 18.9. The number of sulfone groups is 1. The number of fused-ring (bicyclic) bond motifs is 1. The molecule has 11 heteroatoms. The number of rotatable bonds is 9. The number of ketones is 1. The third-order valence-corrected chi connectivity index (χ3v) is 9.72. The molecule has 2 aromatic heterocycles. The summed E-state index contributed by atoms with van der Waals surface area (Å²) in [5.41, 5.74) is 2.21. The fourth-order valence-electron chi connectivity index (χ4n) is 3.87. The summed E-state index contributed by atoms with van der Waals surface area (Å²) in [6.45, 7) is 0.918. The Hall–Kier alpha value is -2.72. The minimum atomic E-state index is -3.76. The van der Waals surface area contributed by atoms with Crippen LogP contribution in [-0.4, -0.2) is 36.0 Å². The lowest BCUT2D eigenvalue weighted by atomic mass is 10.1. The van der Waals surface area contributed by atoms with Crippen LogP contribution in [0.25, 0.3) is 16.6 Å². The molecule has 0 spiro atoms. The van der Waals surface area contributed by atoms with Gasteiger partial charge in [-0.2, -0.15) is 0 Å². The van der Waals surface area contributed by atoms with E-state index in [1.165, 1.54) is 35.9 Å². The highest BCUT2D eigenvalue weighted by Crippen LogP contribution is 2.29. The largest absolute Gasteiger partial charge is 0.385 e. The second-order valence-corrected chi connectivity index (χ2v) is 13.1. The minimum absolute atomic E-state index is 0.0585. The van der Waals surface area contributed by atoms with E-state index in [0.29, 0.717) is 26.5 Å². The number of hydrogen-bond donors (Lipinski definition) is 1. The number of anilines is 1. The third-order valence-electron chi connectivity index (χ3n) is 5.93. The predicted octanol–water partition coefficient (Wildman–Crippen LogP) is 5.16. The number of aromatic nitrogens is 2. The highest BCUT2D eigenvalue weighted by Gasteiger charge is 2.22. The molecular weight excluding hydrogens is 541 g/mol. The number of Topliss-reactive ketones (excluding diaryl/α,β-unsaturated/α-hetero) is 1. The van der Waals surface area contributed by atoms with Crippen LogP contribution >= 0.6 is 34.5 Å². The molecule has 0 radical (unpaired) electrons. The quantitative estimate of drug-likeness (QED) is 0.303. The molecule has 0 bridgehead atoms. The van der Waals surface area contributed by atoms with Gasteiger partial charge in [0, 0.05) is 18.7 Å². The molecular formula is C25H21Cl2N3O4S2. The maximum absolute atomic E-state index is 13.1. The van der Waals surface area contributed by atoms with E-state index in [2.05, 4.69) is 10.3 Å². The third kappa shape index (κ3) is 5.49. The summed E-state index contributed by atoms with van der Waals surface area (Å²) >= 11 is 13.2. The van der Waals surface area contributed by atoms with Crippen LogP contribution in [0.4, 0.5) is 5.69 Å². The Morgan fingerprint density at radius 2 is 1.92 bits per heavy atom. The fourth-order valence-corrected chi connectivity index (χ4v) is 6.98. The normalized spacial score (nSPS) is 13.7. The van der Waals surface area contributed by atoms with E-state index < -0.39 is 21.4 Å². The Labute approximate surface area is 221 Å². The number of halogens is 2. The highest BCUT2D eigenvalue weighted by atomic mass is 35.5. The van der Waals surface area contributed by atoms with E-state index in [1.807, 2.05) is 12.1 Å². The van der Waals surface area contributed by atoms with Crippen LogP contribution in [0.3, 0.4) is 0 Å². The number of nitrogens with one attached hydrogen (secondary N) is 1. The second-order valence-electron chi connectivity index (χ2n) is 8.79. The molecule has 7 nitrogen and oxygen atoms in total. The van der Waals surface area contributed by atoms with Gasteiger partial charge in [-0.05, 0) is 66.8 Å². The van der Waals surface area contributed by atoms with Gasteiger partial charge in [0.05, 0.1) is 25.9 Å². The van der Waals surface area contributed by atoms with E-state index in [0.717, 1.165) is 29.5 Å². The maximum atomic E-state index is 13.1. The van der Waals surface area contributed by atoms with Gasteiger partial charge < -0.3 is 5.32 Å². The Balaban J connectivity index is 1.33. The van der Waals surface area contributed by atoms with Crippen LogP contribution in [0.15, 0.2) is 63.9 Å². The molecule has 4 aromatic rings. The van der Waals surface area contributed by atoms with Crippen molar-refractivity contribution in [2.24, 2.45) is 5.92 Å². The number of thiophene rings is 1. The molecule has 0 unspecified atom stereocenters. The van der Waals surface area contributed by atoms with Crippen molar-refractivity contribution in [2.45, 2.75) is 23.5 Å². The first-order valence-electron chi connectivity index (χ1n) is 11.2. The van der Waals surface area contributed by atoms with Gasteiger partial charge in [0.2, 0.25) is 0 Å². The molecule has 1 fully saturated rings. The Morgan fingerprint density at radius 3 is 2.61 bits per heavy atom. The molecule has 0 amide bonds. The fraction of sp³-hybridized carbons (Fsp3) is 0.240. The van der Waals surface area contributed by atoms with Crippen LogP contribution in [0.5, 0.6) is 0 Å². The monoisotopic (exact) mass is 561 g/mol. The summed E-state index contributed by atoms with van der Waals surface area (Å²) in [5, 5.41) is 4.09. The van der Waals surface area contributed by atoms with Gasteiger partial charge in [0.25, 0.3) is 5.56 Å². The Kier molecular flexibility index (Phi) is 6.91. The van der Waals surface area contributed by atoms with Gasteiger partial charge in [-0.15, -0.1) is 11.3 Å². The molecule has 186 valence electrons. The van der Waals surface area contributed by atoms with Crippen molar-refractivity contribution in [2.75, 3.05) is 17.6 Å². The zero-order valence-corrected chi connectivity index (χ0v) is 22.1. The molecule has 0 atom stereocenters. The predicted molar refractivity (Wildman–Crippen MR) is 144 cm³/mol. The van der Waals surface area contributed by atoms with E-state index in [9.17, 15) is 18.0 Å². The number of benzene rings is 2. The van der Waals surface area contributed by atoms with Gasteiger partial charge in [0.15, 0.2) is 15.6 Å². The zero-order chi connectivity index (χ0) is 25.4. The standard InChI is InChI=1S/C25H21Cl2N3O4S2/c26-20-10-16(9-18(31)13-36(33,34)24-8-7-23(27)35-24)3-6-22(20)30-14-29-21-11-17(28-12-15-1-2-15)4-5-19(21)25(30)32/h3-8,10-11,14-15,28H,1-2,9,12-13H2. The SMILES string of the molecule is O=C(Cc1ccc(-n2cnc3cc(NCC4CC4)ccc3c2=O)c(Cl)c1)CS(=O)(=O)c1ccc(Cl)s1. The van der Waals surface area contributed by atoms with Crippen LogP contribution < -0.4 is 10.9 Å². The van der Waals surface area contributed by atoms with Crippen molar-refractivity contribution in [3.63, 3.8) is 0 Å². The molecule has 1 aliphatic rings. The molecule has 0 saturated heterocycles. The lowest BCUT2D eigenvalue weighted by Gasteiger charge is -2.11. The number of nitrogens with zero attached hydrogens (tertiary/aromatic N) is 2. The van der Waals surface area contributed by atoms with Crippen molar-refractivity contribution < 1.29 is 13.2 Å². The molecule has 5 rings (SSSR count). The van der Waals surface area contributed by atoms with E-state index in [-0.39, 0.29) is 21.2 Å². The number of hydrogen-bond acceptors (Lipinski definition) is 7. The molecule has 36 heavy (non-hydrogen) atoms. The lowest BCUT2D eigenvalue weighted by molar-refractivity contribution is -0.116. The molecule has 1 aliphatic carbocycles. The molecule has 0 aliphatic heterocycles. The van der Waals surface area contributed by atoms with Gasteiger partial charge in [0.1, 0.15) is 16.3 Å². The first-order chi connectivity index (χ1) is 17.2. The van der Waals surface area contributed by atoms with E-state index >= 15 is 0 Å².